The summed E-state index contributed by atoms with van der Waals surface area (Å²) < 4.78 is 0. The molecule has 0 aromatic rings. The SMILES string of the molecule is O=CC1(CN2CCSCC2)CCCC1. The van der Waals surface area contributed by atoms with Crippen LogP contribution in [-0.4, -0.2) is 42.3 Å². The van der Waals surface area contributed by atoms with Gasteiger partial charge in [0.1, 0.15) is 6.29 Å². The first-order valence-electron chi connectivity index (χ1n) is 5.61. The molecule has 1 saturated heterocycles. The fourth-order valence-corrected chi connectivity index (χ4v) is 3.58. The summed E-state index contributed by atoms with van der Waals surface area (Å²) in [6.45, 7) is 3.39. The maximum absolute atomic E-state index is 11.2. The topological polar surface area (TPSA) is 20.3 Å². The van der Waals surface area contributed by atoms with Crippen molar-refractivity contribution in [3.63, 3.8) is 0 Å². The molecule has 0 aromatic carbocycles. The summed E-state index contributed by atoms with van der Waals surface area (Å²) in [7, 11) is 0. The Bertz CT molecular complexity index is 195. The summed E-state index contributed by atoms with van der Waals surface area (Å²) in [5.41, 5.74) is 0.0298. The van der Waals surface area contributed by atoms with Gasteiger partial charge in [-0.25, -0.2) is 0 Å². The minimum absolute atomic E-state index is 0.0298. The van der Waals surface area contributed by atoms with Crippen molar-refractivity contribution in [3.8, 4) is 0 Å². The first-order valence-corrected chi connectivity index (χ1v) is 6.77. The number of rotatable bonds is 3. The van der Waals surface area contributed by atoms with Gasteiger partial charge < -0.3 is 9.69 Å². The summed E-state index contributed by atoms with van der Waals surface area (Å²) in [5, 5.41) is 0. The molecule has 2 rings (SSSR count). The third-order valence-corrected chi connectivity index (χ3v) is 4.43. The Morgan fingerprint density at radius 1 is 1.21 bits per heavy atom. The van der Waals surface area contributed by atoms with Crippen LogP contribution >= 0.6 is 11.8 Å². The third kappa shape index (κ3) is 2.31. The molecule has 1 saturated carbocycles. The number of aldehydes is 1. The van der Waals surface area contributed by atoms with E-state index in [1.807, 2.05) is 11.8 Å². The van der Waals surface area contributed by atoms with Gasteiger partial charge in [0.15, 0.2) is 0 Å². The molecule has 0 aromatic heterocycles. The predicted octanol–water partition coefficient (Wildman–Crippen LogP) is 1.79. The first-order chi connectivity index (χ1) is 6.85. The smallest absolute Gasteiger partial charge is 0.127 e. The van der Waals surface area contributed by atoms with Crippen molar-refractivity contribution < 1.29 is 4.79 Å². The van der Waals surface area contributed by atoms with Crippen LogP contribution in [0.3, 0.4) is 0 Å². The van der Waals surface area contributed by atoms with Crippen LogP contribution in [0.1, 0.15) is 25.7 Å². The maximum Gasteiger partial charge on any atom is 0.127 e. The van der Waals surface area contributed by atoms with Gasteiger partial charge in [0.25, 0.3) is 0 Å². The van der Waals surface area contributed by atoms with Crippen LogP contribution in [-0.2, 0) is 4.79 Å². The molecule has 0 N–H and O–H groups in total. The molecular formula is C11H19NOS. The van der Waals surface area contributed by atoms with Crippen molar-refractivity contribution in [2.75, 3.05) is 31.1 Å². The van der Waals surface area contributed by atoms with Crippen LogP contribution in [0.25, 0.3) is 0 Å². The van der Waals surface area contributed by atoms with Crippen LogP contribution in [0.5, 0.6) is 0 Å². The molecule has 2 fully saturated rings. The lowest BCUT2D eigenvalue weighted by Gasteiger charge is -2.33. The molecule has 0 atom stereocenters. The summed E-state index contributed by atoms with van der Waals surface area (Å²) in [5.74, 6) is 2.49. The number of hydrogen-bond donors (Lipinski definition) is 0. The fraction of sp³-hybridized carbons (Fsp3) is 0.909. The van der Waals surface area contributed by atoms with Crippen LogP contribution in [0.2, 0.25) is 0 Å². The van der Waals surface area contributed by atoms with Gasteiger partial charge in [0, 0.05) is 36.6 Å². The van der Waals surface area contributed by atoms with Crippen molar-refractivity contribution in [2.24, 2.45) is 5.41 Å². The second kappa shape index (κ2) is 4.67. The third-order valence-electron chi connectivity index (χ3n) is 3.49. The van der Waals surface area contributed by atoms with Crippen molar-refractivity contribution in [3.05, 3.63) is 0 Å². The zero-order valence-corrected chi connectivity index (χ0v) is 9.52. The normalized spacial score (nSPS) is 27.7. The van der Waals surface area contributed by atoms with E-state index in [0.29, 0.717) is 0 Å². The Morgan fingerprint density at radius 3 is 2.43 bits per heavy atom. The summed E-state index contributed by atoms with van der Waals surface area (Å²) in [4.78, 5) is 13.7. The maximum atomic E-state index is 11.2. The van der Waals surface area contributed by atoms with Gasteiger partial charge in [-0.05, 0) is 12.8 Å². The molecule has 3 heteroatoms. The van der Waals surface area contributed by atoms with E-state index in [0.717, 1.165) is 19.4 Å². The average Bonchev–Trinajstić information content (AvgIpc) is 2.69. The molecule has 0 unspecified atom stereocenters. The van der Waals surface area contributed by atoms with Crippen molar-refractivity contribution in [1.82, 2.24) is 4.90 Å². The molecule has 0 radical (unpaired) electrons. The van der Waals surface area contributed by atoms with E-state index in [1.165, 1.54) is 43.7 Å². The number of hydrogen-bond acceptors (Lipinski definition) is 3. The molecule has 0 amide bonds. The molecule has 14 heavy (non-hydrogen) atoms. The van der Waals surface area contributed by atoms with E-state index < -0.39 is 0 Å². The standard InChI is InChI=1S/C11H19NOS/c13-10-11(3-1-2-4-11)9-12-5-7-14-8-6-12/h10H,1-9H2. The second-order valence-electron chi connectivity index (χ2n) is 4.58. The highest BCUT2D eigenvalue weighted by atomic mass is 32.2. The summed E-state index contributed by atoms with van der Waals surface area (Å²) >= 11 is 2.03. The number of carbonyl (C=O) groups is 1. The van der Waals surface area contributed by atoms with Gasteiger partial charge in [0.05, 0.1) is 0 Å². The lowest BCUT2D eigenvalue weighted by molar-refractivity contribution is -0.117. The molecule has 1 heterocycles. The molecule has 0 bridgehead atoms. The van der Waals surface area contributed by atoms with Crippen LogP contribution < -0.4 is 0 Å². The van der Waals surface area contributed by atoms with E-state index in [4.69, 9.17) is 0 Å². The largest absolute Gasteiger partial charge is 0.303 e. The van der Waals surface area contributed by atoms with Crippen molar-refractivity contribution in [1.29, 1.82) is 0 Å². The van der Waals surface area contributed by atoms with Crippen molar-refractivity contribution >= 4 is 18.0 Å². The van der Waals surface area contributed by atoms with E-state index in [-0.39, 0.29) is 5.41 Å². The van der Waals surface area contributed by atoms with E-state index in [2.05, 4.69) is 4.90 Å². The van der Waals surface area contributed by atoms with E-state index in [9.17, 15) is 4.79 Å². The lowest BCUT2D eigenvalue weighted by atomic mass is 9.87. The van der Waals surface area contributed by atoms with Crippen molar-refractivity contribution in [2.45, 2.75) is 25.7 Å². The van der Waals surface area contributed by atoms with Crippen LogP contribution in [0.15, 0.2) is 0 Å². The number of carbonyl (C=O) groups excluding carboxylic acids is 1. The van der Waals surface area contributed by atoms with Gasteiger partial charge in [-0.1, -0.05) is 12.8 Å². The molecule has 80 valence electrons. The van der Waals surface area contributed by atoms with Gasteiger partial charge >= 0.3 is 0 Å². The average molecular weight is 213 g/mol. The monoisotopic (exact) mass is 213 g/mol. The Balaban J connectivity index is 1.89. The lowest BCUT2D eigenvalue weighted by Crippen LogP contribution is -2.41. The zero-order valence-electron chi connectivity index (χ0n) is 8.71. The van der Waals surface area contributed by atoms with Crippen LogP contribution in [0.4, 0.5) is 0 Å². The number of thioether (sulfide) groups is 1. The van der Waals surface area contributed by atoms with E-state index in [1.54, 1.807) is 0 Å². The van der Waals surface area contributed by atoms with Gasteiger partial charge in [0.2, 0.25) is 0 Å². The predicted molar refractivity (Wildman–Crippen MR) is 60.7 cm³/mol. The quantitative estimate of drug-likeness (QED) is 0.667. The molecule has 0 spiro atoms. The highest BCUT2D eigenvalue weighted by Gasteiger charge is 2.35. The molecule has 1 aliphatic heterocycles. The summed E-state index contributed by atoms with van der Waals surface area (Å²) in [6.07, 6.45) is 5.99. The number of nitrogens with zero attached hydrogens (tertiary/aromatic N) is 1. The highest BCUT2D eigenvalue weighted by Crippen LogP contribution is 2.37. The van der Waals surface area contributed by atoms with Gasteiger partial charge in [-0.3, -0.25) is 0 Å². The Kier molecular flexibility index (Phi) is 3.50. The fourth-order valence-electron chi connectivity index (χ4n) is 2.60. The highest BCUT2D eigenvalue weighted by molar-refractivity contribution is 7.99. The molecule has 2 aliphatic rings. The Labute approximate surface area is 90.4 Å². The van der Waals surface area contributed by atoms with E-state index >= 15 is 0 Å². The molecule has 1 aliphatic carbocycles. The second-order valence-corrected chi connectivity index (χ2v) is 5.80. The Morgan fingerprint density at radius 2 is 1.86 bits per heavy atom. The first kappa shape index (κ1) is 10.5. The molecule has 2 nitrogen and oxygen atoms in total. The molecular weight excluding hydrogens is 194 g/mol. The zero-order chi connectivity index (χ0) is 9.86. The van der Waals surface area contributed by atoms with Gasteiger partial charge in [-0.15, -0.1) is 0 Å². The summed E-state index contributed by atoms with van der Waals surface area (Å²) in [6, 6.07) is 0. The minimum Gasteiger partial charge on any atom is -0.303 e. The van der Waals surface area contributed by atoms with Crippen LogP contribution in [0, 0.1) is 5.41 Å². The Hall–Kier alpha value is -0.0200. The minimum atomic E-state index is 0.0298. The van der Waals surface area contributed by atoms with Gasteiger partial charge in [-0.2, -0.15) is 11.8 Å².